The summed E-state index contributed by atoms with van der Waals surface area (Å²) in [5.74, 6) is 2.52. The zero-order valence-corrected chi connectivity index (χ0v) is 24.7. The summed E-state index contributed by atoms with van der Waals surface area (Å²) in [6.45, 7) is 11.6. The van der Waals surface area contributed by atoms with E-state index in [0.29, 0.717) is 16.8 Å². The van der Waals surface area contributed by atoms with Crippen LogP contribution in [0.3, 0.4) is 0 Å². The number of hydrogen-bond acceptors (Lipinski definition) is 7. The predicted octanol–water partition coefficient (Wildman–Crippen LogP) is 6.76. The molecule has 0 radical (unpaired) electrons. The Morgan fingerprint density at radius 2 is 1.78 bits per heavy atom. The molecule has 0 amide bonds. The first kappa shape index (κ1) is 28.4. The predicted molar refractivity (Wildman–Crippen MR) is 163 cm³/mol. The maximum atomic E-state index is 13.0. The molecule has 0 atom stereocenters. The number of rotatable bonds is 7. The van der Waals surface area contributed by atoms with E-state index < -0.39 is 12.6 Å². The average Bonchev–Trinajstić information content (AvgIpc) is 3.12. The van der Waals surface area contributed by atoms with Crippen molar-refractivity contribution in [2.75, 3.05) is 59.5 Å². The van der Waals surface area contributed by atoms with Crippen LogP contribution in [-0.4, -0.2) is 66.1 Å². The lowest BCUT2D eigenvalue weighted by Gasteiger charge is -2.54. The number of halogens is 3. The van der Waals surface area contributed by atoms with E-state index in [9.17, 15) is 13.2 Å². The molecule has 3 aliphatic heterocycles. The Kier molecular flexibility index (Phi) is 7.98. The van der Waals surface area contributed by atoms with Crippen molar-refractivity contribution < 1.29 is 13.2 Å². The van der Waals surface area contributed by atoms with Crippen molar-refractivity contribution >= 4 is 40.0 Å². The Bertz CT molecular complexity index is 1360. The SMILES string of the molecule is CC(C)CCN1CCSNc2ccc(CN3CCC4(CC3)CN(c3ncnc5ccc(CC(F)(F)F)cc35)C4)cc21. The van der Waals surface area contributed by atoms with E-state index in [0.717, 1.165) is 70.2 Å². The van der Waals surface area contributed by atoms with Crippen LogP contribution < -0.4 is 14.5 Å². The Hall–Kier alpha value is -2.72. The highest BCUT2D eigenvalue weighted by Gasteiger charge is 2.45. The van der Waals surface area contributed by atoms with Crippen molar-refractivity contribution in [1.82, 2.24) is 14.9 Å². The molecular formula is C31H39F3N6S. The number of piperidine rings is 1. The van der Waals surface area contributed by atoms with E-state index in [-0.39, 0.29) is 11.0 Å². The molecule has 1 N–H and O–H groups in total. The summed E-state index contributed by atoms with van der Waals surface area (Å²) in [6.07, 6.45) is -0.218. The van der Waals surface area contributed by atoms with Gasteiger partial charge in [0.05, 0.1) is 23.3 Å². The summed E-state index contributed by atoms with van der Waals surface area (Å²) in [6, 6.07) is 11.7. The summed E-state index contributed by atoms with van der Waals surface area (Å²) in [5.41, 5.74) is 5.09. The van der Waals surface area contributed by atoms with Crippen LogP contribution in [0.25, 0.3) is 10.9 Å². The first-order chi connectivity index (χ1) is 19.7. The van der Waals surface area contributed by atoms with Crippen LogP contribution >= 0.6 is 11.9 Å². The smallest absolute Gasteiger partial charge is 0.369 e. The molecule has 0 saturated carbocycles. The lowest BCUT2D eigenvalue weighted by atomic mass is 9.72. The standard InChI is InChI=1S/C31H39F3N6S/c1-22(2)7-10-39-13-14-41-37-27-6-4-24(16-28(27)39)18-38-11-8-30(9-12-38)19-40(20-30)29-25-15-23(17-31(32,33)34)3-5-26(25)35-21-36-29/h3-6,15-16,21-22,37H,7-14,17-20H2,1-2H3. The van der Waals surface area contributed by atoms with Gasteiger partial charge in [0.25, 0.3) is 0 Å². The van der Waals surface area contributed by atoms with Gasteiger partial charge in [-0.3, -0.25) is 4.90 Å². The molecule has 1 spiro atoms. The lowest BCUT2D eigenvalue weighted by Crippen LogP contribution is -2.60. The Morgan fingerprint density at radius 1 is 1.00 bits per heavy atom. The van der Waals surface area contributed by atoms with Gasteiger partial charge in [0, 0.05) is 49.3 Å². The highest BCUT2D eigenvalue weighted by Crippen LogP contribution is 2.44. The number of likely N-dealkylation sites (tertiary alicyclic amines) is 1. The minimum absolute atomic E-state index is 0.250. The topological polar surface area (TPSA) is 47.5 Å². The van der Waals surface area contributed by atoms with Gasteiger partial charge in [0.2, 0.25) is 0 Å². The van der Waals surface area contributed by atoms with E-state index in [1.807, 2.05) is 0 Å². The average molecular weight is 585 g/mol. The minimum Gasteiger partial charge on any atom is -0.369 e. The molecule has 2 fully saturated rings. The van der Waals surface area contributed by atoms with Gasteiger partial charge < -0.3 is 14.5 Å². The number of anilines is 3. The van der Waals surface area contributed by atoms with Crippen molar-refractivity contribution in [2.45, 2.75) is 52.3 Å². The van der Waals surface area contributed by atoms with Crippen LogP contribution in [0, 0.1) is 11.3 Å². The fourth-order valence-corrected chi connectivity index (χ4v) is 7.17. The van der Waals surface area contributed by atoms with Gasteiger partial charge in [-0.05, 0) is 73.7 Å². The molecule has 3 aliphatic rings. The Labute approximate surface area is 244 Å². The second-order valence-electron chi connectivity index (χ2n) is 12.4. The highest BCUT2D eigenvalue weighted by atomic mass is 32.2. The number of aromatic nitrogens is 2. The Balaban J connectivity index is 1.08. The molecular weight excluding hydrogens is 545 g/mol. The van der Waals surface area contributed by atoms with Gasteiger partial charge in [0.15, 0.2) is 0 Å². The number of alkyl halides is 3. The maximum Gasteiger partial charge on any atom is 0.393 e. The van der Waals surface area contributed by atoms with E-state index >= 15 is 0 Å². The molecule has 3 aromatic rings. The van der Waals surface area contributed by atoms with Crippen molar-refractivity contribution in [2.24, 2.45) is 11.3 Å². The molecule has 0 bridgehead atoms. The molecule has 0 aliphatic carbocycles. The largest absolute Gasteiger partial charge is 0.393 e. The van der Waals surface area contributed by atoms with Crippen molar-refractivity contribution in [3.8, 4) is 0 Å². The minimum atomic E-state index is -4.24. The van der Waals surface area contributed by atoms with Crippen molar-refractivity contribution in [3.63, 3.8) is 0 Å². The van der Waals surface area contributed by atoms with Crippen LogP contribution in [0.1, 0.15) is 44.2 Å². The summed E-state index contributed by atoms with van der Waals surface area (Å²) in [4.78, 5) is 16.1. The molecule has 220 valence electrons. The van der Waals surface area contributed by atoms with Gasteiger partial charge in [0.1, 0.15) is 12.1 Å². The lowest BCUT2D eigenvalue weighted by molar-refractivity contribution is -0.127. The van der Waals surface area contributed by atoms with Gasteiger partial charge in [-0.2, -0.15) is 13.2 Å². The van der Waals surface area contributed by atoms with Gasteiger partial charge in [-0.1, -0.05) is 37.9 Å². The van der Waals surface area contributed by atoms with Crippen molar-refractivity contribution in [1.29, 1.82) is 0 Å². The zero-order valence-electron chi connectivity index (χ0n) is 23.9. The van der Waals surface area contributed by atoms with E-state index in [1.165, 1.54) is 35.8 Å². The first-order valence-corrected chi connectivity index (χ1v) is 15.7. The number of fused-ring (bicyclic) bond motifs is 2. The summed E-state index contributed by atoms with van der Waals surface area (Å²) in [5, 5.41) is 0.708. The maximum absolute atomic E-state index is 13.0. The summed E-state index contributed by atoms with van der Waals surface area (Å²) in [7, 11) is 0. The van der Waals surface area contributed by atoms with Crippen LogP contribution in [0.5, 0.6) is 0 Å². The van der Waals surface area contributed by atoms with Crippen LogP contribution in [0.15, 0.2) is 42.7 Å². The third-order valence-corrected chi connectivity index (χ3v) is 9.53. The zero-order chi connectivity index (χ0) is 28.6. The van der Waals surface area contributed by atoms with E-state index in [4.69, 9.17) is 0 Å². The molecule has 6 rings (SSSR count). The highest BCUT2D eigenvalue weighted by molar-refractivity contribution is 8.00. The molecule has 41 heavy (non-hydrogen) atoms. The number of nitrogens with one attached hydrogen (secondary N) is 1. The summed E-state index contributed by atoms with van der Waals surface area (Å²) < 4.78 is 42.5. The number of benzene rings is 2. The van der Waals surface area contributed by atoms with Crippen molar-refractivity contribution in [3.05, 3.63) is 53.9 Å². The fraction of sp³-hybridized carbons (Fsp3) is 0.548. The molecule has 2 aromatic carbocycles. The van der Waals surface area contributed by atoms with E-state index in [1.54, 1.807) is 24.1 Å². The first-order valence-electron chi connectivity index (χ1n) is 14.7. The van der Waals surface area contributed by atoms with Crippen LogP contribution in [0.4, 0.5) is 30.4 Å². The number of nitrogens with zero attached hydrogens (tertiary/aromatic N) is 5. The molecule has 1 aromatic heterocycles. The summed E-state index contributed by atoms with van der Waals surface area (Å²) >= 11 is 1.79. The second kappa shape index (κ2) is 11.5. The molecule has 6 nitrogen and oxygen atoms in total. The third-order valence-electron chi connectivity index (χ3n) is 8.78. The van der Waals surface area contributed by atoms with Gasteiger partial charge in [-0.15, -0.1) is 0 Å². The monoisotopic (exact) mass is 584 g/mol. The second-order valence-corrected chi connectivity index (χ2v) is 13.3. The normalized spacial score (nSPS) is 19.3. The third kappa shape index (κ3) is 6.53. The molecule has 0 unspecified atom stereocenters. The quantitative estimate of drug-likeness (QED) is 0.308. The van der Waals surface area contributed by atoms with Gasteiger partial charge in [-0.25, -0.2) is 9.97 Å². The number of hydrogen-bond donors (Lipinski definition) is 1. The van der Waals surface area contributed by atoms with Crippen LogP contribution in [-0.2, 0) is 13.0 Å². The van der Waals surface area contributed by atoms with Crippen LogP contribution in [0.2, 0.25) is 0 Å². The molecule has 4 heterocycles. The van der Waals surface area contributed by atoms with Gasteiger partial charge >= 0.3 is 6.18 Å². The fourth-order valence-electron chi connectivity index (χ4n) is 6.43. The molecule has 2 saturated heterocycles. The molecule has 10 heteroatoms. The Morgan fingerprint density at radius 3 is 2.54 bits per heavy atom. The van der Waals surface area contributed by atoms with E-state index in [2.05, 4.69) is 61.4 Å².